The number of ether oxygens (including phenoxy) is 1. The Bertz CT molecular complexity index is 634. The number of hydrogen-bond acceptors (Lipinski definition) is 3. The molecule has 1 aromatic rings. The number of carbonyl (C=O) groups excluding carboxylic acids is 2. The summed E-state index contributed by atoms with van der Waals surface area (Å²) in [6, 6.07) is 5.81. The van der Waals surface area contributed by atoms with Gasteiger partial charge in [0.25, 0.3) is 5.91 Å². The van der Waals surface area contributed by atoms with Crippen molar-refractivity contribution in [1.29, 1.82) is 0 Å². The molecule has 5 nitrogen and oxygen atoms in total. The fourth-order valence-corrected chi connectivity index (χ4v) is 4.35. The maximum Gasteiger partial charge on any atom is 0.258 e. The molecule has 1 saturated carbocycles. The maximum absolute atomic E-state index is 12.9. The Morgan fingerprint density at radius 2 is 2.08 bits per heavy atom. The second-order valence-electron chi connectivity index (χ2n) is 7.41. The minimum absolute atomic E-state index is 0.0567. The predicted molar refractivity (Wildman–Crippen MR) is 96.1 cm³/mol. The monoisotopic (exact) mass is 362 g/mol. The molecule has 2 amide bonds. The van der Waals surface area contributed by atoms with E-state index in [0.29, 0.717) is 24.0 Å². The smallest absolute Gasteiger partial charge is 0.258 e. The molecule has 4 atom stereocenters. The van der Waals surface area contributed by atoms with Crippen LogP contribution in [0.4, 0.5) is 4.39 Å². The van der Waals surface area contributed by atoms with Gasteiger partial charge in [0.2, 0.25) is 5.91 Å². The lowest BCUT2D eigenvalue weighted by molar-refractivity contribution is -0.127. The number of amides is 2. The van der Waals surface area contributed by atoms with Gasteiger partial charge < -0.3 is 15.4 Å². The van der Waals surface area contributed by atoms with Crippen LogP contribution in [0, 0.1) is 17.7 Å². The number of rotatable bonds is 6. The van der Waals surface area contributed by atoms with Crippen LogP contribution in [0.5, 0.6) is 5.75 Å². The van der Waals surface area contributed by atoms with Crippen molar-refractivity contribution in [2.75, 3.05) is 6.61 Å². The fourth-order valence-electron chi connectivity index (χ4n) is 4.35. The number of carbonyl (C=O) groups is 2. The molecule has 1 aliphatic heterocycles. The fraction of sp³-hybridized carbons (Fsp3) is 0.600. The van der Waals surface area contributed by atoms with E-state index in [2.05, 4.69) is 17.6 Å². The highest BCUT2D eigenvalue weighted by Gasteiger charge is 2.40. The van der Waals surface area contributed by atoms with Gasteiger partial charge in [-0.1, -0.05) is 13.3 Å². The molecule has 1 aromatic carbocycles. The van der Waals surface area contributed by atoms with Crippen molar-refractivity contribution in [2.45, 2.75) is 57.5 Å². The Labute approximate surface area is 153 Å². The molecule has 26 heavy (non-hydrogen) atoms. The maximum atomic E-state index is 12.9. The Morgan fingerprint density at radius 1 is 1.31 bits per heavy atom. The molecule has 1 aliphatic carbocycles. The lowest BCUT2D eigenvalue weighted by Crippen LogP contribution is -2.55. The summed E-state index contributed by atoms with van der Waals surface area (Å²) < 4.78 is 18.3. The van der Waals surface area contributed by atoms with Crippen molar-refractivity contribution >= 4 is 11.8 Å². The van der Waals surface area contributed by atoms with E-state index in [1.807, 2.05) is 0 Å². The van der Waals surface area contributed by atoms with Gasteiger partial charge >= 0.3 is 0 Å². The van der Waals surface area contributed by atoms with E-state index in [1.165, 1.54) is 24.3 Å². The van der Waals surface area contributed by atoms with Gasteiger partial charge in [0.1, 0.15) is 11.6 Å². The SMILES string of the molecule is CCCC1CC(=O)NC2CC(NC(=O)COc3ccc(F)cc3)CCC12. The first-order chi connectivity index (χ1) is 12.5. The second-order valence-corrected chi connectivity index (χ2v) is 7.41. The second kappa shape index (κ2) is 8.52. The summed E-state index contributed by atoms with van der Waals surface area (Å²) >= 11 is 0. The van der Waals surface area contributed by atoms with Crippen LogP contribution in [0.25, 0.3) is 0 Å². The minimum Gasteiger partial charge on any atom is -0.484 e. The van der Waals surface area contributed by atoms with Crippen molar-refractivity contribution in [2.24, 2.45) is 11.8 Å². The summed E-state index contributed by atoms with van der Waals surface area (Å²) in [5.74, 6) is 1.07. The first-order valence-corrected chi connectivity index (χ1v) is 9.52. The summed E-state index contributed by atoms with van der Waals surface area (Å²) in [6.07, 6.45) is 5.56. The molecule has 6 heteroatoms. The van der Waals surface area contributed by atoms with Gasteiger partial charge in [0, 0.05) is 18.5 Å². The third kappa shape index (κ3) is 4.74. The van der Waals surface area contributed by atoms with E-state index >= 15 is 0 Å². The van der Waals surface area contributed by atoms with Crippen molar-refractivity contribution < 1.29 is 18.7 Å². The zero-order valence-corrected chi connectivity index (χ0v) is 15.2. The topological polar surface area (TPSA) is 67.4 Å². The average molecular weight is 362 g/mol. The molecule has 0 radical (unpaired) electrons. The van der Waals surface area contributed by atoms with Gasteiger partial charge in [-0.15, -0.1) is 0 Å². The van der Waals surface area contributed by atoms with Gasteiger partial charge in [-0.2, -0.15) is 0 Å². The first kappa shape index (κ1) is 18.7. The number of fused-ring (bicyclic) bond motifs is 1. The summed E-state index contributed by atoms with van der Waals surface area (Å²) in [5, 5.41) is 6.12. The molecular formula is C20H27FN2O3. The molecular weight excluding hydrogens is 335 g/mol. The first-order valence-electron chi connectivity index (χ1n) is 9.52. The standard InChI is InChI=1S/C20H27FN2O3/c1-2-3-13-10-19(24)23-18-11-15(6-9-17(13)18)22-20(25)12-26-16-7-4-14(21)5-8-16/h4-5,7-8,13,15,17-18H,2-3,6,9-12H2,1H3,(H,22,25)(H,23,24). The zero-order valence-electron chi connectivity index (χ0n) is 15.2. The van der Waals surface area contributed by atoms with Gasteiger partial charge in [0.15, 0.2) is 6.61 Å². The van der Waals surface area contributed by atoms with E-state index in [0.717, 1.165) is 32.1 Å². The molecule has 2 fully saturated rings. The third-order valence-electron chi connectivity index (χ3n) is 5.51. The highest BCUT2D eigenvalue weighted by Crippen LogP contribution is 2.37. The normalized spacial score (nSPS) is 28.0. The van der Waals surface area contributed by atoms with Crippen LogP contribution in [0.1, 0.15) is 45.4 Å². The molecule has 2 aliphatic rings. The molecule has 2 N–H and O–H groups in total. The lowest BCUT2D eigenvalue weighted by Gasteiger charge is -2.44. The Kier molecular flexibility index (Phi) is 6.12. The van der Waals surface area contributed by atoms with E-state index in [-0.39, 0.29) is 36.3 Å². The van der Waals surface area contributed by atoms with Crippen LogP contribution in [0.3, 0.4) is 0 Å². The van der Waals surface area contributed by atoms with Crippen molar-refractivity contribution in [1.82, 2.24) is 10.6 Å². The van der Waals surface area contributed by atoms with Crippen LogP contribution in [-0.2, 0) is 9.59 Å². The Morgan fingerprint density at radius 3 is 2.81 bits per heavy atom. The number of hydrogen-bond donors (Lipinski definition) is 2. The van der Waals surface area contributed by atoms with Crippen LogP contribution >= 0.6 is 0 Å². The quantitative estimate of drug-likeness (QED) is 0.818. The minimum atomic E-state index is -0.338. The van der Waals surface area contributed by atoms with Gasteiger partial charge in [-0.3, -0.25) is 9.59 Å². The molecule has 142 valence electrons. The summed E-state index contributed by atoms with van der Waals surface area (Å²) in [4.78, 5) is 24.1. The van der Waals surface area contributed by atoms with Gasteiger partial charge in [0.05, 0.1) is 0 Å². The van der Waals surface area contributed by atoms with E-state index in [4.69, 9.17) is 4.74 Å². The van der Waals surface area contributed by atoms with E-state index < -0.39 is 0 Å². The Balaban J connectivity index is 1.48. The molecule has 1 heterocycles. The summed E-state index contributed by atoms with van der Waals surface area (Å²) in [7, 11) is 0. The van der Waals surface area contributed by atoms with E-state index in [1.54, 1.807) is 0 Å². The van der Waals surface area contributed by atoms with Crippen LogP contribution in [0.15, 0.2) is 24.3 Å². The summed E-state index contributed by atoms with van der Waals surface area (Å²) in [5.41, 5.74) is 0. The van der Waals surface area contributed by atoms with Gasteiger partial charge in [-0.05, 0) is 61.8 Å². The number of halogens is 1. The van der Waals surface area contributed by atoms with Crippen molar-refractivity contribution in [3.63, 3.8) is 0 Å². The predicted octanol–water partition coefficient (Wildman–Crippen LogP) is 2.79. The van der Waals surface area contributed by atoms with Crippen LogP contribution < -0.4 is 15.4 Å². The lowest BCUT2D eigenvalue weighted by atomic mass is 9.70. The molecule has 3 rings (SSSR count). The van der Waals surface area contributed by atoms with Crippen molar-refractivity contribution in [3.8, 4) is 5.75 Å². The Hall–Kier alpha value is -2.11. The molecule has 0 bridgehead atoms. The largest absolute Gasteiger partial charge is 0.484 e. The van der Waals surface area contributed by atoms with Crippen LogP contribution in [0.2, 0.25) is 0 Å². The number of benzene rings is 1. The van der Waals surface area contributed by atoms with Crippen molar-refractivity contribution in [3.05, 3.63) is 30.1 Å². The molecule has 0 aromatic heterocycles. The highest BCUT2D eigenvalue weighted by molar-refractivity contribution is 5.78. The highest BCUT2D eigenvalue weighted by atomic mass is 19.1. The zero-order chi connectivity index (χ0) is 18.5. The molecule has 1 saturated heterocycles. The molecule has 4 unspecified atom stereocenters. The van der Waals surface area contributed by atoms with E-state index in [9.17, 15) is 14.0 Å². The number of piperidine rings is 1. The third-order valence-corrected chi connectivity index (χ3v) is 5.51. The van der Waals surface area contributed by atoms with Crippen LogP contribution in [-0.4, -0.2) is 30.5 Å². The summed E-state index contributed by atoms with van der Waals surface area (Å²) in [6.45, 7) is 2.07. The average Bonchev–Trinajstić information content (AvgIpc) is 2.61. The molecule has 0 spiro atoms. The van der Waals surface area contributed by atoms with Gasteiger partial charge in [-0.25, -0.2) is 4.39 Å². The number of nitrogens with one attached hydrogen (secondary N) is 2.